The van der Waals surface area contributed by atoms with Gasteiger partial charge in [0.25, 0.3) is 5.56 Å². The van der Waals surface area contributed by atoms with Crippen molar-refractivity contribution in [1.82, 2.24) is 9.66 Å². The first-order valence-corrected chi connectivity index (χ1v) is 2.60. The van der Waals surface area contributed by atoms with Crippen LogP contribution >= 0.6 is 0 Å². The highest BCUT2D eigenvalue weighted by molar-refractivity contribution is 5.23. The third-order valence-corrected chi connectivity index (χ3v) is 1.01. The number of aromatic amines is 1. The number of aromatic nitrogens is 2. The van der Waals surface area contributed by atoms with Crippen LogP contribution in [-0.2, 0) is 0 Å². The Morgan fingerprint density at radius 3 is 2.64 bits per heavy atom. The van der Waals surface area contributed by atoms with E-state index in [0.717, 1.165) is 6.07 Å². The minimum Gasteiger partial charge on any atom is -0.385 e. The van der Waals surface area contributed by atoms with Crippen molar-refractivity contribution >= 4 is 5.82 Å². The summed E-state index contributed by atoms with van der Waals surface area (Å²) in [5.41, 5.74) is 3.28. The maximum atomic E-state index is 10.7. The fraction of sp³-hybridized carbons (Fsp3) is 0. The first-order chi connectivity index (χ1) is 5.15. The first-order valence-electron chi connectivity index (χ1n) is 2.60. The second kappa shape index (κ2) is 2.37. The number of nitrogens with one attached hydrogen (secondary N) is 1. The van der Waals surface area contributed by atoms with Crippen molar-refractivity contribution in [2.45, 2.75) is 0 Å². The monoisotopic (exact) mass is 156 g/mol. The highest BCUT2D eigenvalue weighted by atomic mass is 16.3. The van der Waals surface area contributed by atoms with Crippen molar-refractivity contribution in [3.05, 3.63) is 31.8 Å². The topological polar surface area (TPSA) is 110 Å². The van der Waals surface area contributed by atoms with E-state index in [0.29, 0.717) is 0 Å². The van der Waals surface area contributed by atoms with Gasteiger partial charge in [-0.05, 0) is 0 Å². The highest BCUT2D eigenvalue weighted by Crippen LogP contribution is 1.81. The van der Waals surface area contributed by atoms with Crippen LogP contribution in [0.5, 0.6) is 0 Å². The Balaban J connectivity index is 3.63. The van der Waals surface area contributed by atoms with Gasteiger partial charge in [-0.3, -0.25) is 9.78 Å². The predicted octanol–water partition coefficient (Wildman–Crippen LogP) is -1.35. The molecule has 0 spiro atoms. The molecule has 0 saturated heterocycles. The third-order valence-electron chi connectivity index (χ3n) is 1.01. The molecule has 0 amide bonds. The summed E-state index contributed by atoms with van der Waals surface area (Å²) in [6.45, 7) is 0. The molecular formula is C4H4N4O3. The third kappa shape index (κ3) is 1.16. The summed E-state index contributed by atoms with van der Waals surface area (Å²) in [5, 5.41) is 2.17. The standard InChI is InChI=1S/C4H4N4O3/c5-2-1-3(9)8(7-11)4(10)6-2/h1H,5H2,(H,6,10). The Hall–Kier alpha value is -1.92. The van der Waals surface area contributed by atoms with Crippen molar-refractivity contribution in [1.29, 1.82) is 0 Å². The maximum absolute atomic E-state index is 10.7. The van der Waals surface area contributed by atoms with E-state index >= 15 is 0 Å². The van der Waals surface area contributed by atoms with E-state index in [9.17, 15) is 14.5 Å². The molecule has 0 aliphatic carbocycles. The maximum Gasteiger partial charge on any atom is 0.353 e. The summed E-state index contributed by atoms with van der Waals surface area (Å²) in [6, 6.07) is 0.892. The van der Waals surface area contributed by atoms with Gasteiger partial charge in [-0.2, -0.15) is 0 Å². The fourth-order valence-corrected chi connectivity index (χ4v) is 0.584. The smallest absolute Gasteiger partial charge is 0.353 e. The quantitative estimate of drug-likeness (QED) is 0.489. The molecule has 0 fully saturated rings. The number of anilines is 1. The Morgan fingerprint density at radius 2 is 2.18 bits per heavy atom. The molecule has 1 heterocycles. The van der Waals surface area contributed by atoms with Gasteiger partial charge in [0.15, 0.2) is 0 Å². The molecule has 0 bridgehead atoms. The molecule has 7 nitrogen and oxygen atoms in total. The van der Waals surface area contributed by atoms with Gasteiger partial charge in [0.1, 0.15) is 5.82 Å². The van der Waals surface area contributed by atoms with E-state index in [1.165, 1.54) is 0 Å². The van der Waals surface area contributed by atoms with Crippen LogP contribution in [0.4, 0.5) is 5.82 Å². The molecule has 3 N–H and O–H groups in total. The molecule has 1 aromatic heterocycles. The van der Waals surface area contributed by atoms with Gasteiger partial charge >= 0.3 is 5.69 Å². The summed E-state index contributed by atoms with van der Waals surface area (Å²) in [5.74, 6) is -0.0973. The molecule has 11 heavy (non-hydrogen) atoms. The zero-order valence-corrected chi connectivity index (χ0v) is 5.27. The predicted molar refractivity (Wildman–Crippen MR) is 36.9 cm³/mol. The Kier molecular flexibility index (Phi) is 1.55. The summed E-state index contributed by atoms with van der Waals surface area (Å²) in [4.78, 5) is 33.1. The Bertz CT molecular complexity index is 358. The van der Waals surface area contributed by atoms with Crippen LogP contribution in [0.2, 0.25) is 0 Å². The second-order valence-electron chi connectivity index (χ2n) is 1.76. The van der Waals surface area contributed by atoms with Crippen molar-refractivity contribution < 1.29 is 0 Å². The Labute approximate surface area is 59.4 Å². The number of nitrogens with zero attached hydrogens (tertiary/aromatic N) is 2. The number of nitroso groups, excluding NO2 is 1. The molecule has 0 radical (unpaired) electrons. The van der Waals surface area contributed by atoms with Gasteiger partial charge < -0.3 is 5.73 Å². The second-order valence-corrected chi connectivity index (χ2v) is 1.76. The molecule has 1 rings (SSSR count). The minimum atomic E-state index is -0.940. The van der Waals surface area contributed by atoms with Gasteiger partial charge in [0.05, 0.1) is 5.29 Å². The molecular weight excluding hydrogens is 152 g/mol. The number of nitrogens with two attached hydrogens (primary N) is 1. The molecule has 7 heteroatoms. The van der Waals surface area contributed by atoms with E-state index in [1.54, 1.807) is 0 Å². The average Bonchev–Trinajstić information content (AvgIpc) is 1.85. The van der Waals surface area contributed by atoms with Crippen LogP contribution in [0.1, 0.15) is 0 Å². The van der Waals surface area contributed by atoms with E-state index in [2.05, 4.69) is 5.29 Å². The first kappa shape index (κ1) is 7.19. The molecule has 0 atom stereocenters. The number of nitrogen functional groups attached to an aromatic ring is 1. The molecule has 1 aromatic rings. The van der Waals surface area contributed by atoms with Gasteiger partial charge in [0.2, 0.25) is 0 Å². The summed E-state index contributed by atoms with van der Waals surface area (Å²) in [7, 11) is 0. The fourth-order valence-electron chi connectivity index (χ4n) is 0.584. The zero-order valence-electron chi connectivity index (χ0n) is 5.27. The average molecular weight is 156 g/mol. The Morgan fingerprint density at radius 1 is 1.55 bits per heavy atom. The summed E-state index contributed by atoms with van der Waals surface area (Å²) in [6.07, 6.45) is 0. The largest absolute Gasteiger partial charge is 0.385 e. The van der Waals surface area contributed by atoms with Gasteiger partial charge in [-0.25, -0.2) is 4.79 Å². The lowest BCUT2D eigenvalue weighted by molar-refractivity contribution is 0.746. The normalized spacial score (nSPS) is 9.45. The molecule has 0 aromatic carbocycles. The zero-order chi connectivity index (χ0) is 8.43. The van der Waals surface area contributed by atoms with Gasteiger partial charge in [-0.1, -0.05) is 0 Å². The summed E-state index contributed by atoms with van der Waals surface area (Å²) < 4.78 is 0.135. The summed E-state index contributed by atoms with van der Waals surface area (Å²) >= 11 is 0. The lowest BCUT2D eigenvalue weighted by Crippen LogP contribution is -2.31. The minimum absolute atomic E-state index is 0.0973. The van der Waals surface area contributed by atoms with Crippen molar-refractivity contribution in [3.8, 4) is 0 Å². The lowest BCUT2D eigenvalue weighted by atomic mass is 10.6. The van der Waals surface area contributed by atoms with Gasteiger partial charge in [0, 0.05) is 6.07 Å². The van der Waals surface area contributed by atoms with Gasteiger partial charge in [-0.15, -0.1) is 9.58 Å². The van der Waals surface area contributed by atoms with Crippen LogP contribution in [0.15, 0.2) is 20.9 Å². The molecule has 58 valence electrons. The van der Waals surface area contributed by atoms with Crippen molar-refractivity contribution in [2.75, 3.05) is 5.73 Å². The number of hydrogen-bond acceptors (Lipinski definition) is 5. The number of hydrogen-bond donors (Lipinski definition) is 2. The van der Waals surface area contributed by atoms with E-state index in [4.69, 9.17) is 5.73 Å². The van der Waals surface area contributed by atoms with Crippen molar-refractivity contribution in [3.63, 3.8) is 0 Å². The van der Waals surface area contributed by atoms with Crippen LogP contribution in [-0.4, -0.2) is 9.66 Å². The van der Waals surface area contributed by atoms with Crippen LogP contribution < -0.4 is 17.0 Å². The van der Waals surface area contributed by atoms with Crippen LogP contribution in [0.25, 0.3) is 0 Å². The molecule has 0 aliphatic rings. The highest BCUT2D eigenvalue weighted by Gasteiger charge is 2.00. The van der Waals surface area contributed by atoms with E-state index in [1.807, 2.05) is 4.98 Å². The molecule has 0 unspecified atom stereocenters. The van der Waals surface area contributed by atoms with Crippen LogP contribution in [0, 0.1) is 4.91 Å². The van der Waals surface area contributed by atoms with E-state index in [-0.39, 0.29) is 10.5 Å². The SMILES string of the molecule is Nc1cc(=O)n(N=O)c(=O)[nH]1. The molecule has 0 aliphatic heterocycles. The van der Waals surface area contributed by atoms with Crippen molar-refractivity contribution in [2.24, 2.45) is 5.29 Å². The van der Waals surface area contributed by atoms with Crippen LogP contribution in [0.3, 0.4) is 0 Å². The molecule has 0 saturated carbocycles. The van der Waals surface area contributed by atoms with E-state index < -0.39 is 11.2 Å². The number of rotatable bonds is 1. The lowest BCUT2D eigenvalue weighted by Gasteiger charge is -1.91. The number of H-pyrrole nitrogens is 1.